The fraction of sp³-hybridized carbons (Fsp3) is 0.350. The largest absolute Gasteiger partial charge is 0.379 e. The summed E-state index contributed by atoms with van der Waals surface area (Å²) in [4.78, 5) is 14.8. The van der Waals surface area contributed by atoms with E-state index in [4.69, 9.17) is 4.74 Å². The molecular weight excluding hydrogens is 364 g/mol. The zero-order valence-electron chi connectivity index (χ0n) is 15.3. The summed E-state index contributed by atoms with van der Waals surface area (Å²) < 4.78 is 28.3. The monoisotopic (exact) mass is 388 g/mol. The average Bonchev–Trinajstić information content (AvgIpc) is 2.67. The molecule has 0 atom stereocenters. The second-order valence-electron chi connectivity index (χ2n) is 6.68. The number of rotatable bonds is 6. The Bertz CT molecular complexity index is 871. The van der Waals surface area contributed by atoms with E-state index in [1.165, 1.54) is 29.8 Å². The Labute approximate surface area is 160 Å². The number of benzene rings is 2. The Balaban J connectivity index is 1.52. The van der Waals surface area contributed by atoms with Crippen LogP contribution in [0.4, 0.5) is 0 Å². The van der Waals surface area contributed by atoms with Crippen LogP contribution in [0.15, 0.2) is 53.4 Å². The number of hydrogen-bond acceptors (Lipinski definition) is 5. The highest BCUT2D eigenvalue weighted by Crippen LogP contribution is 2.12. The van der Waals surface area contributed by atoms with Crippen molar-refractivity contribution in [3.63, 3.8) is 0 Å². The minimum atomic E-state index is -3.26. The van der Waals surface area contributed by atoms with Gasteiger partial charge >= 0.3 is 0 Å². The summed E-state index contributed by atoms with van der Waals surface area (Å²) in [6, 6.07) is 14.1. The molecule has 1 aliphatic rings. The van der Waals surface area contributed by atoms with Gasteiger partial charge in [0.15, 0.2) is 9.84 Å². The van der Waals surface area contributed by atoms with Crippen LogP contribution < -0.4 is 5.32 Å². The molecule has 1 amide bonds. The molecule has 0 aliphatic carbocycles. The maximum absolute atomic E-state index is 12.2. The summed E-state index contributed by atoms with van der Waals surface area (Å²) in [5.74, 6) is -0.229. The molecule has 144 valence electrons. The van der Waals surface area contributed by atoms with Crippen LogP contribution in [0.2, 0.25) is 0 Å². The van der Waals surface area contributed by atoms with Gasteiger partial charge in [-0.3, -0.25) is 9.69 Å². The first-order chi connectivity index (χ1) is 12.9. The summed E-state index contributed by atoms with van der Waals surface area (Å²) in [5.41, 5.74) is 2.69. The molecule has 2 aromatic rings. The zero-order chi connectivity index (χ0) is 19.3. The standard InChI is InChI=1S/C20H24N2O4S/c1-27(24,25)19-8-6-18(7-9-19)20(23)21-14-16-2-4-17(5-3-16)15-22-10-12-26-13-11-22/h2-9H,10-15H2,1H3,(H,21,23). The molecule has 1 fully saturated rings. The van der Waals surface area contributed by atoms with Crippen LogP contribution in [0.1, 0.15) is 21.5 Å². The van der Waals surface area contributed by atoms with E-state index in [0.717, 1.165) is 44.7 Å². The van der Waals surface area contributed by atoms with E-state index in [0.29, 0.717) is 12.1 Å². The third-order valence-electron chi connectivity index (χ3n) is 4.53. The van der Waals surface area contributed by atoms with Gasteiger partial charge in [-0.1, -0.05) is 24.3 Å². The molecule has 0 aromatic heterocycles. The molecule has 0 bridgehead atoms. The van der Waals surface area contributed by atoms with Gasteiger partial charge in [-0.15, -0.1) is 0 Å². The van der Waals surface area contributed by atoms with Gasteiger partial charge in [0.2, 0.25) is 0 Å². The van der Waals surface area contributed by atoms with Crippen LogP contribution in [0.3, 0.4) is 0 Å². The molecule has 27 heavy (non-hydrogen) atoms. The lowest BCUT2D eigenvalue weighted by Crippen LogP contribution is -2.35. The first kappa shape index (κ1) is 19.5. The molecule has 3 rings (SSSR count). The molecule has 1 N–H and O–H groups in total. The third kappa shape index (κ3) is 5.63. The van der Waals surface area contributed by atoms with Crippen LogP contribution in [0, 0.1) is 0 Å². The Morgan fingerprint density at radius 2 is 1.59 bits per heavy atom. The van der Waals surface area contributed by atoms with Crippen LogP contribution in [-0.4, -0.2) is 51.8 Å². The number of sulfone groups is 1. The van der Waals surface area contributed by atoms with Crippen molar-refractivity contribution in [3.8, 4) is 0 Å². The second-order valence-corrected chi connectivity index (χ2v) is 8.70. The predicted octanol–water partition coefficient (Wildman–Crippen LogP) is 1.85. The van der Waals surface area contributed by atoms with E-state index in [9.17, 15) is 13.2 Å². The summed E-state index contributed by atoms with van der Waals surface area (Å²) in [6.45, 7) is 4.81. The topological polar surface area (TPSA) is 75.7 Å². The predicted molar refractivity (Wildman–Crippen MR) is 103 cm³/mol. The minimum Gasteiger partial charge on any atom is -0.379 e. The molecule has 6 nitrogen and oxygen atoms in total. The number of ether oxygens (including phenoxy) is 1. The van der Waals surface area contributed by atoms with Crippen LogP contribution in [0.5, 0.6) is 0 Å². The maximum Gasteiger partial charge on any atom is 0.251 e. The number of nitrogens with one attached hydrogen (secondary N) is 1. The van der Waals surface area contributed by atoms with Crippen molar-refractivity contribution in [1.29, 1.82) is 0 Å². The van der Waals surface area contributed by atoms with Gasteiger partial charge in [0, 0.05) is 38.0 Å². The van der Waals surface area contributed by atoms with Gasteiger partial charge in [-0.25, -0.2) is 8.42 Å². The number of nitrogens with zero attached hydrogens (tertiary/aromatic N) is 1. The average molecular weight is 388 g/mol. The second kappa shape index (κ2) is 8.65. The summed E-state index contributed by atoms with van der Waals surface area (Å²) in [7, 11) is -3.26. The summed E-state index contributed by atoms with van der Waals surface area (Å²) in [5, 5.41) is 2.86. The number of amides is 1. The smallest absolute Gasteiger partial charge is 0.251 e. The SMILES string of the molecule is CS(=O)(=O)c1ccc(C(=O)NCc2ccc(CN3CCOCC3)cc2)cc1. The van der Waals surface area contributed by atoms with Gasteiger partial charge in [0.25, 0.3) is 5.91 Å². The van der Waals surface area contributed by atoms with Crippen molar-refractivity contribution >= 4 is 15.7 Å². The zero-order valence-corrected chi connectivity index (χ0v) is 16.2. The Kier molecular flexibility index (Phi) is 6.26. The highest BCUT2D eigenvalue weighted by molar-refractivity contribution is 7.90. The lowest BCUT2D eigenvalue weighted by molar-refractivity contribution is 0.0342. The highest BCUT2D eigenvalue weighted by Gasteiger charge is 2.11. The van der Waals surface area contributed by atoms with Crippen LogP contribution >= 0.6 is 0 Å². The van der Waals surface area contributed by atoms with Gasteiger partial charge in [-0.05, 0) is 35.4 Å². The molecule has 2 aromatic carbocycles. The van der Waals surface area contributed by atoms with Crippen molar-refractivity contribution in [3.05, 3.63) is 65.2 Å². The third-order valence-corrected chi connectivity index (χ3v) is 5.66. The van der Waals surface area contributed by atoms with Gasteiger partial charge in [0.05, 0.1) is 18.1 Å². The lowest BCUT2D eigenvalue weighted by Gasteiger charge is -2.26. The first-order valence-corrected chi connectivity index (χ1v) is 10.8. The fourth-order valence-electron chi connectivity index (χ4n) is 2.92. The van der Waals surface area contributed by atoms with E-state index < -0.39 is 9.84 Å². The summed E-state index contributed by atoms with van der Waals surface area (Å²) in [6.07, 6.45) is 1.14. The molecule has 0 saturated carbocycles. The molecule has 0 spiro atoms. The Hall–Kier alpha value is -2.22. The van der Waals surface area contributed by atoms with Crippen LogP contribution in [0.25, 0.3) is 0 Å². The van der Waals surface area contributed by atoms with E-state index in [-0.39, 0.29) is 10.8 Å². The molecule has 1 saturated heterocycles. The Morgan fingerprint density at radius 1 is 1.00 bits per heavy atom. The molecule has 1 aliphatic heterocycles. The van der Waals surface area contributed by atoms with E-state index in [1.54, 1.807) is 0 Å². The van der Waals surface area contributed by atoms with E-state index >= 15 is 0 Å². The van der Waals surface area contributed by atoms with Gasteiger partial charge in [-0.2, -0.15) is 0 Å². The maximum atomic E-state index is 12.2. The summed E-state index contributed by atoms with van der Waals surface area (Å²) >= 11 is 0. The normalized spacial score (nSPS) is 15.4. The van der Waals surface area contributed by atoms with Gasteiger partial charge < -0.3 is 10.1 Å². The fourth-order valence-corrected chi connectivity index (χ4v) is 3.55. The quantitative estimate of drug-likeness (QED) is 0.817. The number of hydrogen-bond donors (Lipinski definition) is 1. The molecule has 7 heteroatoms. The van der Waals surface area contributed by atoms with Crippen LogP contribution in [-0.2, 0) is 27.7 Å². The number of carbonyl (C=O) groups excluding carboxylic acids is 1. The highest BCUT2D eigenvalue weighted by atomic mass is 32.2. The number of carbonyl (C=O) groups is 1. The Morgan fingerprint density at radius 3 is 2.19 bits per heavy atom. The first-order valence-electron chi connectivity index (χ1n) is 8.88. The minimum absolute atomic E-state index is 0.204. The van der Waals surface area contributed by atoms with Crippen molar-refractivity contribution in [2.75, 3.05) is 32.6 Å². The van der Waals surface area contributed by atoms with Crippen molar-refractivity contribution in [2.45, 2.75) is 18.0 Å². The van der Waals surface area contributed by atoms with Crippen molar-refractivity contribution < 1.29 is 17.9 Å². The molecular formula is C20H24N2O4S. The molecule has 1 heterocycles. The van der Waals surface area contributed by atoms with E-state index in [2.05, 4.69) is 22.3 Å². The van der Waals surface area contributed by atoms with Crippen molar-refractivity contribution in [1.82, 2.24) is 10.2 Å². The molecule has 0 unspecified atom stereocenters. The lowest BCUT2D eigenvalue weighted by atomic mass is 10.1. The van der Waals surface area contributed by atoms with E-state index in [1.807, 2.05) is 12.1 Å². The number of morpholine rings is 1. The molecule has 0 radical (unpaired) electrons. The van der Waals surface area contributed by atoms with Crippen molar-refractivity contribution in [2.24, 2.45) is 0 Å². The van der Waals surface area contributed by atoms with Gasteiger partial charge in [0.1, 0.15) is 0 Å².